The van der Waals surface area contributed by atoms with Gasteiger partial charge in [0.25, 0.3) is 0 Å². The second-order valence-corrected chi connectivity index (χ2v) is 5.79. The number of benzene rings is 1. The molecule has 1 aromatic carbocycles. The van der Waals surface area contributed by atoms with Gasteiger partial charge in [-0.05, 0) is 68.9 Å². The molecule has 1 nitrogen and oxygen atoms in total. The molecule has 0 atom stereocenters. The molecule has 1 aliphatic rings. The van der Waals surface area contributed by atoms with Gasteiger partial charge >= 0.3 is 0 Å². The fourth-order valence-corrected chi connectivity index (χ4v) is 3.23. The third kappa shape index (κ3) is 5.98. The molecule has 2 radical (unpaired) electrons. The molecular weight excluding hydrogens is 372 g/mol. The van der Waals surface area contributed by atoms with E-state index in [4.69, 9.17) is 0 Å². The quantitative estimate of drug-likeness (QED) is 0.455. The molecule has 0 N–H and O–H groups in total. The summed E-state index contributed by atoms with van der Waals surface area (Å²) < 4.78 is 32.4. The van der Waals surface area contributed by atoms with Crippen LogP contribution in [-0.2, 0) is 37.1 Å². The van der Waals surface area contributed by atoms with Gasteiger partial charge in [0, 0.05) is 37.1 Å². The van der Waals surface area contributed by atoms with Crippen LogP contribution in [0, 0.1) is 24.7 Å². The Kier molecular flexibility index (Phi) is 11.3. The fourth-order valence-electron chi connectivity index (χ4n) is 3.23. The summed E-state index contributed by atoms with van der Waals surface area (Å²) in [5, 5.41) is 0. The molecule has 0 aromatic heterocycles. The van der Waals surface area contributed by atoms with Crippen molar-refractivity contribution < 1.29 is 50.6 Å². The van der Waals surface area contributed by atoms with Crippen molar-refractivity contribution in [3.63, 3.8) is 0 Å². The number of halogens is 2. The van der Waals surface area contributed by atoms with Crippen molar-refractivity contribution in [3.8, 4) is 5.75 Å². The van der Waals surface area contributed by atoms with Crippen molar-refractivity contribution in [2.75, 3.05) is 0 Å². The van der Waals surface area contributed by atoms with E-state index >= 15 is 0 Å². The Hall–Kier alpha value is -0.211. The first-order valence-corrected chi connectivity index (χ1v) is 7.68. The first kappa shape index (κ1) is 22.8. The predicted molar refractivity (Wildman–Crippen MR) is 81.1 cm³/mol. The van der Waals surface area contributed by atoms with Crippen molar-refractivity contribution in [1.82, 2.24) is 0 Å². The van der Waals surface area contributed by atoms with E-state index < -0.39 is 11.6 Å². The van der Waals surface area contributed by atoms with Crippen LogP contribution < -0.4 is 4.74 Å². The summed E-state index contributed by atoms with van der Waals surface area (Å²) in [6.07, 6.45) is 10.6. The van der Waals surface area contributed by atoms with Crippen molar-refractivity contribution in [3.05, 3.63) is 48.6 Å². The van der Waals surface area contributed by atoms with Gasteiger partial charge in [0.2, 0.25) is 0 Å². The van der Waals surface area contributed by atoms with Gasteiger partial charge in [-0.15, -0.1) is 0 Å². The first-order valence-electron chi connectivity index (χ1n) is 7.68. The van der Waals surface area contributed by atoms with Gasteiger partial charge in [-0.3, -0.25) is 0 Å². The maximum absolute atomic E-state index is 14.1. The zero-order chi connectivity index (χ0) is 15.2. The summed E-state index contributed by atoms with van der Waals surface area (Å²) in [7, 11) is 3.13. The van der Waals surface area contributed by atoms with Gasteiger partial charge in [0.1, 0.15) is 5.75 Å². The van der Waals surface area contributed by atoms with Gasteiger partial charge in [0.15, 0.2) is 11.6 Å². The molecule has 0 spiro atoms. The van der Waals surface area contributed by atoms with Crippen LogP contribution in [0.4, 0.5) is 8.78 Å². The molecule has 1 fully saturated rings. The van der Waals surface area contributed by atoms with E-state index in [1.54, 1.807) is 6.07 Å². The maximum Gasteiger partial charge on any atom is 0.198 e. The van der Waals surface area contributed by atoms with E-state index in [9.17, 15) is 8.78 Å². The minimum absolute atomic E-state index is 0. The van der Waals surface area contributed by atoms with Crippen LogP contribution in [0.15, 0.2) is 24.3 Å². The molecule has 126 valence electrons. The zero-order valence-corrected chi connectivity index (χ0v) is 16.3. The van der Waals surface area contributed by atoms with Gasteiger partial charge < -0.3 is 4.74 Å². The van der Waals surface area contributed by atoms with Gasteiger partial charge in [-0.25, -0.2) is 4.39 Å². The van der Waals surface area contributed by atoms with E-state index in [0.29, 0.717) is 11.5 Å². The molecule has 23 heavy (non-hydrogen) atoms. The summed E-state index contributed by atoms with van der Waals surface area (Å²) in [6.45, 7) is 2.04. The average Bonchev–Trinajstić information content (AvgIpc) is 2.51. The van der Waals surface area contributed by atoms with Gasteiger partial charge in [-0.1, -0.05) is 18.2 Å². The van der Waals surface area contributed by atoms with E-state index in [2.05, 4.69) is 24.0 Å². The largest absolute Gasteiger partial charge is 0.663 e. The molecule has 0 bridgehead atoms. The first-order chi connectivity index (χ1) is 10.2. The minimum atomic E-state index is -0.919. The van der Waals surface area contributed by atoms with E-state index in [1.165, 1.54) is 12.5 Å². The molecule has 0 amide bonds. The second kappa shape index (κ2) is 11.4. The normalized spacial score (nSPS) is 20.7. The smallest absolute Gasteiger partial charge is 0.198 e. The Morgan fingerprint density at radius 2 is 1.78 bits per heavy atom. The fraction of sp³-hybridized carbons (Fsp3) is 0.500. The molecule has 1 aromatic rings. The molecule has 1 saturated carbocycles. The summed E-state index contributed by atoms with van der Waals surface area (Å²) in [4.78, 5) is 0. The molecule has 5 heteroatoms. The monoisotopic (exact) mass is 395 g/mol. The number of ether oxygens (including phenoxy) is 1. The standard InChI is InChI=1S/C18H23F2O.2V/c1-3-4-5-6-13-7-9-14(10-8-13)15-11-12-16(21-2)18(20)17(15)19;;/h3-4,11-14H,2,5-10H2,1H3;;/q-1;;/b4-3+;;. The summed E-state index contributed by atoms with van der Waals surface area (Å²) in [5.74, 6) is -0.980. The maximum atomic E-state index is 14.1. The third-order valence-electron chi connectivity index (χ3n) is 4.50. The van der Waals surface area contributed by atoms with Crippen molar-refractivity contribution >= 4 is 0 Å². The molecule has 0 saturated heterocycles. The predicted octanol–water partition coefficient (Wildman–Crippen LogP) is 5.76. The molecule has 0 aliphatic heterocycles. The van der Waals surface area contributed by atoms with Crippen LogP contribution in [0.25, 0.3) is 0 Å². The van der Waals surface area contributed by atoms with Crippen molar-refractivity contribution in [2.45, 2.75) is 51.4 Å². The Balaban J connectivity index is 0.00000242. The SMILES string of the molecule is [CH2-]Oc1ccc(C2CCC(CC/C=C/C)CC2)c(F)c1F.[V].[V]. The third-order valence-corrected chi connectivity index (χ3v) is 4.50. The Morgan fingerprint density at radius 3 is 2.35 bits per heavy atom. The number of hydrogen-bond acceptors (Lipinski definition) is 1. The van der Waals surface area contributed by atoms with Gasteiger partial charge in [-0.2, -0.15) is 11.5 Å². The van der Waals surface area contributed by atoms with E-state index in [-0.39, 0.29) is 48.8 Å². The Bertz CT molecular complexity index is 498. The average molecular weight is 395 g/mol. The van der Waals surface area contributed by atoms with Crippen LogP contribution in [0.3, 0.4) is 0 Å². The summed E-state index contributed by atoms with van der Waals surface area (Å²) in [6, 6.07) is 3.11. The summed E-state index contributed by atoms with van der Waals surface area (Å²) >= 11 is 0. The number of hydrogen-bond donors (Lipinski definition) is 0. The van der Waals surface area contributed by atoms with Crippen LogP contribution in [0.5, 0.6) is 5.75 Å². The van der Waals surface area contributed by atoms with Crippen LogP contribution >= 0.6 is 0 Å². The Morgan fingerprint density at radius 1 is 1.13 bits per heavy atom. The van der Waals surface area contributed by atoms with Crippen molar-refractivity contribution in [1.29, 1.82) is 0 Å². The number of allylic oxidation sites excluding steroid dienone is 2. The molecule has 0 unspecified atom stereocenters. The van der Waals surface area contributed by atoms with E-state index in [0.717, 1.165) is 32.1 Å². The van der Waals surface area contributed by atoms with Crippen LogP contribution in [-0.4, -0.2) is 0 Å². The zero-order valence-electron chi connectivity index (χ0n) is 13.5. The second-order valence-electron chi connectivity index (χ2n) is 5.79. The molecular formula is C18H23F2OV2-. The minimum Gasteiger partial charge on any atom is -0.663 e. The Labute approximate surface area is 162 Å². The van der Waals surface area contributed by atoms with Crippen molar-refractivity contribution in [2.24, 2.45) is 5.92 Å². The van der Waals surface area contributed by atoms with Gasteiger partial charge in [0.05, 0.1) is 0 Å². The van der Waals surface area contributed by atoms with E-state index in [1.807, 2.05) is 6.92 Å². The number of rotatable bonds is 5. The van der Waals surface area contributed by atoms with Crippen LogP contribution in [0.2, 0.25) is 0 Å². The topological polar surface area (TPSA) is 9.23 Å². The molecule has 1 aliphatic carbocycles. The molecule has 2 rings (SSSR count). The summed E-state index contributed by atoms with van der Waals surface area (Å²) in [5.41, 5.74) is 0.486. The molecule has 0 heterocycles. The van der Waals surface area contributed by atoms with Crippen LogP contribution in [0.1, 0.15) is 56.9 Å².